The number of carbonyl (C=O) groups is 1. The van der Waals surface area contributed by atoms with Crippen molar-refractivity contribution in [2.24, 2.45) is 5.10 Å². The van der Waals surface area contributed by atoms with E-state index in [1.807, 2.05) is 12.1 Å². The molecule has 3 N–H and O–H groups in total. The number of hydrogen-bond acceptors (Lipinski definition) is 8. The van der Waals surface area contributed by atoms with Crippen molar-refractivity contribution in [1.82, 2.24) is 20.0 Å². The van der Waals surface area contributed by atoms with Gasteiger partial charge in [-0.2, -0.15) is 9.78 Å². The number of amides is 1. The highest BCUT2D eigenvalue weighted by Crippen LogP contribution is 2.28. The third-order valence-electron chi connectivity index (χ3n) is 4.92. The summed E-state index contributed by atoms with van der Waals surface area (Å²) >= 11 is 0. The third-order valence-corrected chi connectivity index (χ3v) is 4.92. The Kier molecular flexibility index (Phi) is 6.22. The van der Waals surface area contributed by atoms with E-state index in [0.29, 0.717) is 47.3 Å². The van der Waals surface area contributed by atoms with Gasteiger partial charge in [-0.3, -0.25) is 14.9 Å². The molecule has 2 aromatic carbocycles. The number of fused-ring (bicyclic) bond motifs is 2. The molecule has 168 valence electrons. The molecule has 0 atom stereocenters. The van der Waals surface area contributed by atoms with Gasteiger partial charge >= 0.3 is 0 Å². The molecule has 0 bridgehead atoms. The molecule has 1 amide bonds. The van der Waals surface area contributed by atoms with E-state index in [-0.39, 0.29) is 17.1 Å². The Morgan fingerprint density at radius 3 is 2.73 bits per heavy atom. The first-order chi connectivity index (χ1) is 16.0. The fourth-order valence-electron chi connectivity index (χ4n) is 3.34. The van der Waals surface area contributed by atoms with Crippen LogP contribution in [0.4, 0.5) is 11.5 Å². The van der Waals surface area contributed by atoms with Crippen LogP contribution in [0.1, 0.15) is 22.3 Å². The number of anilines is 1. The number of nitrogens with one attached hydrogen (secondary N) is 1. The van der Waals surface area contributed by atoms with E-state index in [2.05, 4.69) is 20.4 Å². The maximum Gasteiger partial charge on any atom is 0.270 e. The number of hydrogen-bond donors (Lipinski definition) is 2. The number of aromatic nitrogens is 3. The lowest BCUT2D eigenvalue weighted by Crippen LogP contribution is -2.26. The van der Waals surface area contributed by atoms with Crippen LogP contribution in [0.3, 0.4) is 0 Å². The molecule has 0 fully saturated rings. The Labute approximate surface area is 188 Å². The van der Waals surface area contributed by atoms with Crippen molar-refractivity contribution < 1.29 is 14.5 Å². The number of ether oxygens (including phenoxy) is 1. The number of nitrogen functional groups attached to an aromatic ring is 1. The maximum atomic E-state index is 12.9. The normalized spacial score (nSPS) is 11.4. The highest BCUT2D eigenvalue weighted by molar-refractivity contribution is 6.10. The fourth-order valence-corrected chi connectivity index (χ4v) is 3.34. The molecule has 11 nitrogen and oxygen atoms in total. The summed E-state index contributed by atoms with van der Waals surface area (Å²) < 4.78 is 6.33. The van der Waals surface area contributed by atoms with Crippen LogP contribution in [0.5, 0.6) is 0 Å². The molecule has 11 heteroatoms. The second kappa shape index (κ2) is 9.40. The van der Waals surface area contributed by atoms with Gasteiger partial charge in [-0.25, -0.2) is 9.97 Å². The van der Waals surface area contributed by atoms with Crippen molar-refractivity contribution >= 4 is 45.8 Å². The predicted molar refractivity (Wildman–Crippen MR) is 124 cm³/mol. The van der Waals surface area contributed by atoms with Crippen molar-refractivity contribution in [3.8, 4) is 0 Å². The van der Waals surface area contributed by atoms with Gasteiger partial charge in [0.25, 0.3) is 11.6 Å². The van der Waals surface area contributed by atoms with Crippen LogP contribution < -0.4 is 11.1 Å². The number of nitrogens with zero attached hydrogens (tertiary/aromatic N) is 5. The number of non-ortho nitro benzene ring substituents is 1. The number of para-hydroxylation sites is 2. The molecule has 33 heavy (non-hydrogen) atoms. The van der Waals surface area contributed by atoms with Gasteiger partial charge in [0.05, 0.1) is 22.2 Å². The van der Waals surface area contributed by atoms with Crippen molar-refractivity contribution in [3.05, 3.63) is 69.8 Å². The lowest BCUT2D eigenvalue weighted by Gasteiger charge is -2.05. The number of nitro groups is 1. The average Bonchev–Trinajstić information content (AvgIpc) is 3.09. The smallest absolute Gasteiger partial charge is 0.270 e. The first-order valence-corrected chi connectivity index (χ1v) is 10.1. The number of benzene rings is 2. The summed E-state index contributed by atoms with van der Waals surface area (Å²) in [5, 5.41) is 18.2. The molecule has 0 aliphatic carbocycles. The van der Waals surface area contributed by atoms with E-state index >= 15 is 0 Å². The summed E-state index contributed by atoms with van der Waals surface area (Å²) in [6.07, 6.45) is 2.06. The Morgan fingerprint density at radius 2 is 2.00 bits per heavy atom. The zero-order valence-corrected chi connectivity index (χ0v) is 17.8. The molecule has 0 spiro atoms. The minimum absolute atomic E-state index is 0.0613. The molecule has 4 aromatic rings. The molecule has 4 rings (SSSR count). The van der Waals surface area contributed by atoms with Crippen LogP contribution in [-0.4, -0.2) is 52.0 Å². The first-order valence-electron chi connectivity index (χ1n) is 10.1. The Balaban J connectivity index is 1.80. The molecule has 0 radical (unpaired) electrons. The third kappa shape index (κ3) is 4.48. The zero-order valence-electron chi connectivity index (χ0n) is 17.8. The zero-order chi connectivity index (χ0) is 23.4. The van der Waals surface area contributed by atoms with E-state index in [0.717, 1.165) is 0 Å². The summed E-state index contributed by atoms with van der Waals surface area (Å²) in [6, 6.07) is 13.2. The van der Waals surface area contributed by atoms with Gasteiger partial charge in [0.2, 0.25) is 0 Å². The minimum Gasteiger partial charge on any atom is -0.385 e. The standard InChI is InChI=1S/C22H21N7O4/c1-33-11-5-10-24-22(30)18-19-21(27-17-9-3-2-8-16(17)26-19)28(20(18)23)25-13-14-6-4-7-15(12-14)29(31)32/h2-4,6-9,12-13H,5,10-11,23H2,1H3,(H,24,30). The van der Waals surface area contributed by atoms with Gasteiger partial charge in [-0.05, 0) is 18.6 Å². The van der Waals surface area contributed by atoms with Gasteiger partial charge in [0.1, 0.15) is 16.9 Å². The van der Waals surface area contributed by atoms with Crippen molar-refractivity contribution in [2.75, 3.05) is 26.0 Å². The highest BCUT2D eigenvalue weighted by atomic mass is 16.6. The molecule has 0 unspecified atom stereocenters. The van der Waals surface area contributed by atoms with E-state index in [4.69, 9.17) is 10.5 Å². The molecule has 0 saturated heterocycles. The first kappa shape index (κ1) is 21.8. The Hall–Kier alpha value is -4.38. The van der Waals surface area contributed by atoms with Crippen LogP contribution in [0.2, 0.25) is 0 Å². The SMILES string of the molecule is COCCCNC(=O)c1c(N)n(N=Cc2cccc([N+](=O)[O-])c2)c2nc3ccccc3nc12. The molecular weight excluding hydrogens is 426 g/mol. The van der Waals surface area contributed by atoms with Crippen LogP contribution in [0.15, 0.2) is 53.6 Å². The summed E-state index contributed by atoms with van der Waals surface area (Å²) in [7, 11) is 1.59. The molecule has 0 aliphatic rings. The number of nitrogens with two attached hydrogens (primary N) is 1. The number of methoxy groups -OCH3 is 1. The minimum atomic E-state index is -0.486. The molecule has 2 heterocycles. The lowest BCUT2D eigenvalue weighted by molar-refractivity contribution is -0.384. The second-order valence-electron chi connectivity index (χ2n) is 7.16. The largest absolute Gasteiger partial charge is 0.385 e. The van der Waals surface area contributed by atoms with Gasteiger partial charge in [0, 0.05) is 38.0 Å². The van der Waals surface area contributed by atoms with Crippen molar-refractivity contribution in [3.63, 3.8) is 0 Å². The van der Waals surface area contributed by atoms with Crippen molar-refractivity contribution in [1.29, 1.82) is 0 Å². The summed E-state index contributed by atoms with van der Waals surface area (Å²) in [5.41, 5.74) is 8.75. The highest BCUT2D eigenvalue weighted by Gasteiger charge is 2.23. The second-order valence-corrected chi connectivity index (χ2v) is 7.16. The molecule has 2 aromatic heterocycles. The Morgan fingerprint density at radius 1 is 1.24 bits per heavy atom. The maximum absolute atomic E-state index is 12.9. The molecular formula is C22H21N7O4. The summed E-state index contributed by atoms with van der Waals surface area (Å²) in [4.78, 5) is 32.7. The van der Waals surface area contributed by atoms with E-state index in [9.17, 15) is 14.9 Å². The topological polar surface area (TPSA) is 151 Å². The van der Waals surface area contributed by atoms with E-state index < -0.39 is 10.8 Å². The predicted octanol–water partition coefficient (Wildman–Crippen LogP) is 2.72. The van der Waals surface area contributed by atoms with Crippen LogP contribution in [-0.2, 0) is 4.74 Å². The van der Waals surface area contributed by atoms with Gasteiger partial charge < -0.3 is 15.8 Å². The van der Waals surface area contributed by atoms with E-state index in [1.54, 1.807) is 31.4 Å². The Bertz CT molecular complexity index is 1380. The number of rotatable bonds is 8. The van der Waals surface area contributed by atoms with Crippen molar-refractivity contribution in [2.45, 2.75) is 6.42 Å². The number of carbonyl (C=O) groups excluding carboxylic acids is 1. The van der Waals surface area contributed by atoms with Gasteiger partial charge in [-0.1, -0.05) is 24.3 Å². The molecule has 0 saturated carbocycles. The fraction of sp³-hybridized carbons (Fsp3) is 0.182. The monoisotopic (exact) mass is 447 g/mol. The number of nitro benzene ring substituents is 1. The summed E-state index contributed by atoms with van der Waals surface area (Å²) in [6.45, 7) is 0.909. The van der Waals surface area contributed by atoms with Gasteiger partial charge in [-0.15, -0.1) is 0 Å². The van der Waals surface area contributed by atoms with E-state index in [1.165, 1.54) is 23.0 Å². The summed E-state index contributed by atoms with van der Waals surface area (Å²) in [5.74, 6) is -0.339. The quantitative estimate of drug-likeness (QED) is 0.182. The lowest BCUT2D eigenvalue weighted by atomic mass is 10.2. The molecule has 0 aliphatic heterocycles. The van der Waals surface area contributed by atoms with Crippen LogP contribution >= 0.6 is 0 Å². The van der Waals surface area contributed by atoms with Crippen LogP contribution in [0.25, 0.3) is 22.2 Å². The van der Waals surface area contributed by atoms with Gasteiger partial charge in [0.15, 0.2) is 5.65 Å². The van der Waals surface area contributed by atoms with Crippen LogP contribution in [0, 0.1) is 10.1 Å². The average molecular weight is 447 g/mol.